The second-order valence-corrected chi connectivity index (χ2v) is 7.91. The lowest BCUT2D eigenvalue weighted by Gasteiger charge is -2.38. The van der Waals surface area contributed by atoms with Crippen LogP contribution in [-0.2, 0) is 13.6 Å². The third-order valence-corrected chi connectivity index (χ3v) is 5.28. The molecule has 0 radical (unpaired) electrons. The average molecular weight is 369 g/mol. The van der Waals surface area contributed by atoms with Crippen molar-refractivity contribution in [2.45, 2.75) is 32.4 Å². The molecule has 2 aromatic heterocycles. The largest absolute Gasteiger partial charge is 0.491 e. The van der Waals surface area contributed by atoms with Crippen LogP contribution in [0.25, 0.3) is 11.4 Å². The van der Waals surface area contributed by atoms with Gasteiger partial charge in [-0.2, -0.15) is 16.4 Å². The second kappa shape index (κ2) is 7.21. The van der Waals surface area contributed by atoms with Gasteiger partial charge in [0, 0.05) is 43.5 Å². The van der Waals surface area contributed by atoms with Gasteiger partial charge in [-0.15, -0.1) is 0 Å². The predicted octanol–water partition coefficient (Wildman–Crippen LogP) is 3.93. The van der Waals surface area contributed by atoms with Crippen LogP contribution in [0.5, 0.6) is 5.75 Å². The Kier molecular flexibility index (Phi) is 4.78. The fourth-order valence-corrected chi connectivity index (χ4v) is 3.97. The smallest absolute Gasteiger partial charge is 0.182 e. The molecule has 1 aliphatic rings. The standard InChI is InChI=1S/C20H24N4OS/c1-14(2)25-18-6-4-15(5-7-18)10-24-11-17(12-24)20-21-19(22-23(20)3)16-8-9-26-13-16/h4-9,13-14,17H,10-12H2,1-3H3. The van der Waals surface area contributed by atoms with E-state index in [-0.39, 0.29) is 6.10 Å². The number of thiophene rings is 1. The summed E-state index contributed by atoms with van der Waals surface area (Å²) in [6.07, 6.45) is 0.211. The van der Waals surface area contributed by atoms with E-state index in [1.807, 2.05) is 25.6 Å². The number of aromatic nitrogens is 3. The van der Waals surface area contributed by atoms with E-state index < -0.39 is 0 Å². The van der Waals surface area contributed by atoms with Gasteiger partial charge in [0.15, 0.2) is 5.82 Å². The van der Waals surface area contributed by atoms with Crippen LogP contribution in [0.4, 0.5) is 0 Å². The van der Waals surface area contributed by atoms with Crippen molar-refractivity contribution in [1.82, 2.24) is 19.7 Å². The van der Waals surface area contributed by atoms with Gasteiger partial charge < -0.3 is 4.74 Å². The van der Waals surface area contributed by atoms with E-state index in [1.54, 1.807) is 11.3 Å². The molecule has 5 nitrogen and oxygen atoms in total. The zero-order valence-corrected chi connectivity index (χ0v) is 16.2. The maximum absolute atomic E-state index is 5.70. The summed E-state index contributed by atoms with van der Waals surface area (Å²) in [4.78, 5) is 7.22. The van der Waals surface area contributed by atoms with E-state index in [2.05, 4.69) is 51.1 Å². The van der Waals surface area contributed by atoms with Crippen LogP contribution in [0.3, 0.4) is 0 Å². The Hall–Kier alpha value is -2.18. The molecule has 4 rings (SSSR count). The molecule has 1 fully saturated rings. The molecule has 3 heterocycles. The summed E-state index contributed by atoms with van der Waals surface area (Å²) in [7, 11) is 1.99. The van der Waals surface area contributed by atoms with E-state index in [0.29, 0.717) is 5.92 Å². The molecule has 136 valence electrons. The van der Waals surface area contributed by atoms with Crippen LogP contribution in [-0.4, -0.2) is 38.9 Å². The van der Waals surface area contributed by atoms with Gasteiger partial charge in [0.05, 0.1) is 6.10 Å². The van der Waals surface area contributed by atoms with Crippen molar-refractivity contribution in [3.05, 3.63) is 52.5 Å². The van der Waals surface area contributed by atoms with Gasteiger partial charge in [-0.25, -0.2) is 4.98 Å². The molecule has 0 amide bonds. The first-order chi connectivity index (χ1) is 12.6. The summed E-state index contributed by atoms with van der Waals surface area (Å²) in [6, 6.07) is 10.5. The summed E-state index contributed by atoms with van der Waals surface area (Å²) in [5.41, 5.74) is 2.42. The van der Waals surface area contributed by atoms with Gasteiger partial charge in [-0.3, -0.25) is 9.58 Å². The van der Waals surface area contributed by atoms with Crippen LogP contribution < -0.4 is 4.74 Å². The van der Waals surface area contributed by atoms with Gasteiger partial charge in [-0.05, 0) is 43.0 Å². The van der Waals surface area contributed by atoms with Crippen molar-refractivity contribution in [2.75, 3.05) is 13.1 Å². The molecule has 0 N–H and O–H groups in total. The number of rotatable bonds is 6. The Morgan fingerprint density at radius 3 is 2.62 bits per heavy atom. The Balaban J connectivity index is 1.34. The highest BCUT2D eigenvalue weighted by molar-refractivity contribution is 7.08. The van der Waals surface area contributed by atoms with Gasteiger partial charge in [0.1, 0.15) is 11.6 Å². The molecule has 26 heavy (non-hydrogen) atoms. The SMILES string of the molecule is CC(C)Oc1ccc(CN2CC(c3nc(-c4ccsc4)nn3C)C2)cc1. The lowest BCUT2D eigenvalue weighted by atomic mass is 9.98. The fraction of sp³-hybridized carbons (Fsp3) is 0.400. The van der Waals surface area contributed by atoms with Crippen LogP contribution >= 0.6 is 11.3 Å². The molecule has 0 unspecified atom stereocenters. The highest BCUT2D eigenvalue weighted by Gasteiger charge is 2.31. The molecule has 1 aliphatic heterocycles. The molecule has 3 aromatic rings. The maximum atomic E-state index is 5.70. The summed E-state index contributed by atoms with van der Waals surface area (Å²) >= 11 is 1.68. The fourth-order valence-electron chi connectivity index (χ4n) is 3.33. The summed E-state index contributed by atoms with van der Waals surface area (Å²) < 4.78 is 7.64. The molecule has 1 aromatic carbocycles. The van der Waals surface area contributed by atoms with Crippen molar-refractivity contribution < 1.29 is 4.74 Å². The molecule has 0 aliphatic carbocycles. The normalized spacial score (nSPS) is 15.4. The number of ether oxygens (including phenoxy) is 1. The van der Waals surface area contributed by atoms with Crippen LogP contribution in [0, 0.1) is 0 Å². The van der Waals surface area contributed by atoms with E-state index in [1.165, 1.54) is 5.56 Å². The predicted molar refractivity (Wildman–Crippen MR) is 105 cm³/mol. The molecule has 0 saturated carbocycles. The first-order valence-electron chi connectivity index (χ1n) is 9.00. The minimum Gasteiger partial charge on any atom is -0.491 e. The van der Waals surface area contributed by atoms with Crippen molar-refractivity contribution in [3.8, 4) is 17.1 Å². The lowest BCUT2D eigenvalue weighted by molar-refractivity contribution is 0.132. The van der Waals surface area contributed by atoms with E-state index in [9.17, 15) is 0 Å². The Morgan fingerprint density at radius 2 is 1.96 bits per heavy atom. The molecule has 1 saturated heterocycles. The van der Waals surface area contributed by atoms with Gasteiger partial charge >= 0.3 is 0 Å². The van der Waals surface area contributed by atoms with E-state index in [4.69, 9.17) is 9.72 Å². The van der Waals surface area contributed by atoms with E-state index >= 15 is 0 Å². The Bertz CT molecular complexity index is 849. The number of hydrogen-bond donors (Lipinski definition) is 0. The third kappa shape index (κ3) is 3.66. The molecule has 6 heteroatoms. The average Bonchev–Trinajstić information content (AvgIpc) is 3.21. The lowest BCUT2D eigenvalue weighted by Crippen LogP contribution is -2.45. The number of likely N-dealkylation sites (tertiary alicyclic amines) is 1. The Labute approximate surface area is 158 Å². The summed E-state index contributed by atoms with van der Waals surface area (Å²) in [6.45, 7) is 7.11. The van der Waals surface area contributed by atoms with Crippen LogP contribution in [0.15, 0.2) is 41.1 Å². The molecular weight excluding hydrogens is 344 g/mol. The minimum absolute atomic E-state index is 0.211. The van der Waals surface area contributed by atoms with Gasteiger partial charge in [-0.1, -0.05) is 12.1 Å². The topological polar surface area (TPSA) is 43.2 Å². The highest BCUT2D eigenvalue weighted by Crippen LogP contribution is 2.29. The monoisotopic (exact) mass is 368 g/mol. The zero-order chi connectivity index (χ0) is 18.1. The number of nitrogens with zero attached hydrogens (tertiary/aromatic N) is 4. The highest BCUT2D eigenvalue weighted by atomic mass is 32.1. The first kappa shape index (κ1) is 17.2. The van der Waals surface area contributed by atoms with Crippen molar-refractivity contribution in [1.29, 1.82) is 0 Å². The number of hydrogen-bond acceptors (Lipinski definition) is 5. The summed E-state index contributed by atoms with van der Waals surface area (Å²) in [5.74, 6) is 3.32. The molecule has 0 spiro atoms. The number of benzene rings is 1. The molecule has 0 bridgehead atoms. The van der Waals surface area contributed by atoms with Gasteiger partial charge in [0.2, 0.25) is 0 Å². The quantitative estimate of drug-likeness (QED) is 0.661. The zero-order valence-electron chi connectivity index (χ0n) is 15.4. The van der Waals surface area contributed by atoms with Crippen molar-refractivity contribution in [2.24, 2.45) is 7.05 Å². The molecule has 0 atom stereocenters. The van der Waals surface area contributed by atoms with Gasteiger partial charge in [0.25, 0.3) is 0 Å². The van der Waals surface area contributed by atoms with E-state index in [0.717, 1.165) is 42.6 Å². The molecular formula is C20H24N4OS. The number of aryl methyl sites for hydroxylation is 1. The maximum Gasteiger partial charge on any atom is 0.182 e. The first-order valence-corrected chi connectivity index (χ1v) is 9.94. The van der Waals surface area contributed by atoms with Crippen molar-refractivity contribution in [3.63, 3.8) is 0 Å². The summed E-state index contributed by atoms with van der Waals surface area (Å²) in [5, 5.41) is 8.74. The second-order valence-electron chi connectivity index (χ2n) is 7.13. The minimum atomic E-state index is 0.211. The van der Waals surface area contributed by atoms with Crippen LogP contribution in [0.2, 0.25) is 0 Å². The Morgan fingerprint density at radius 1 is 1.19 bits per heavy atom. The van der Waals surface area contributed by atoms with Crippen molar-refractivity contribution >= 4 is 11.3 Å². The third-order valence-electron chi connectivity index (χ3n) is 4.60. The van der Waals surface area contributed by atoms with Crippen LogP contribution in [0.1, 0.15) is 31.2 Å².